The molecule has 1 aliphatic rings. The summed E-state index contributed by atoms with van der Waals surface area (Å²) in [5, 5.41) is 3.95. The van der Waals surface area contributed by atoms with Crippen molar-refractivity contribution in [2.75, 3.05) is 16.8 Å². The van der Waals surface area contributed by atoms with E-state index in [1.54, 1.807) is 6.26 Å². The average Bonchev–Trinajstić information content (AvgIpc) is 3.46. The molecule has 2 aromatic carbocycles. The molecule has 2 aromatic heterocycles. The van der Waals surface area contributed by atoms with Crippen LogP contribution < -0.4 is 10.2 Å². The zero-order chi connectivity index (χ0) is 20.3. The van der Waals surface area contributed by atoms with Gasteiger partial charge < -0.3 is 14.6 Å². The monoisotopic (exact) mass is 398 g/mol. The van der Waals surface area contributed by atoms with Crippen LogP contribution in [-0.4, -0.2) is 28.5 Å². The van der Waals surface area contributed by atoms with Gasteiger partial charge in [0.2, 0.25) is 5.91 Å². The number of para-hydroxylation sites is 2. The number of nitrogens with one attached hydrogen (secondary N) is 1. The quantitative estimate of drug-likeness (QED) is 0.480. The predicted octanol–water partition coefficient (Wildman–Crippen LogP) is 4.89. The zero-order valence-corrected chi connectivity index (χ0v) is 16.5. The van der Waals surface area contributed by atoms with Gasteiger partial charge in [-0.2, -0.15) is 0 Å². The number of fused-ring (bicyclic) bond motifs is 1. The summed E-state index contributed by atoms with van der Waals surface area (Å²) < 4.78 is 5.54. The largest absolute Gasteiger partial charge is 0.461 e. The average molecular weight is 398 g/mol. The molecule has 0 bridgehead atoms. The second kappa shape index (κ2) is 7.99. The summed E-state index contributed by atoms with van der Waals surface area (Å²) in [5.74, 6) is 2.06. The molecule has 150 valence electrons. The van der Waals surface area contributed by atoms with Gasteiger partial charge in [-0.1, -0.05) is 30.3 Å². The second-order valence-corrected chi connectivity index (χ2v) is 7.45. The van der Waals surface area contributed by atoms with Crippen LogP contribution >= 0.6 is 0 Å². The minimum absolute atomic E-state index is 0.00327. The summed E-state index contributed by atoms with van der Waals surface area (Å²) in [7, 11) is 0. The van der Waals surface area contributed by atoms with Crippen molar-refractivity contribution in [3.05, 3.63) is 73.0 Å². The minimum Gasteiger partial charge on any atom is -0.461 e. The van der Waals surface area contributed by atoms with Crippen molar-refractivity contribution >= 4 is 28.3 Å². The molecule has 6 heteroatoms. The van der Waals surface area contributed by atoms with Crippen molar-refractivity contribution in [2.45, 2.75) is 25.3 Å². The van der Waals surface area contributed by atoms with Crippen LogP contribution in [0.4, 0.5) is 11.5 Å². The van der Waals surface area contributed by atoms with Crippen LogP contribution in [0.3, 0.4) is 0 Å². The van der Waals surface area contributed by atoms with Crippen LogP contribution in [0.15, 0.2) is 77.4 Å². The summed E-state index contributed by atoms with van der Waals surface area (Å²) >= 11 is 0. The van der Waals surface area contributed by atoms with E-state index in [2.05, 4.69) is 15.2 Å². The van der Waals surface area contributed by atoms with Crippen molar-refractivity contribution < 1.29 is 9.21 Å². The number of hydrogen-bond donors (Lipinski definition) is 1. The molecular weight excluding hydrogens is 376 g/mol. The molecule has 5 rings (SSSR count). The van der Waals surface area contributed by atoms with Crippen LogP contribution in [0.5, 0.6) is 0 Å². The zero-order valence-electron chi connectivity index (χ0n) is 16.5. The van der Waals surface area contributed by atoms with Crippen molar-refractivity contribution in [3.8, 4) is 11.6 Å². The van der Waals surface area contributed by atoms with E-state index in [0.29, 0.717) is 30.6 Å². The minimum atomic E-state index is -0.00327. The SMILES string of the molecule is O=C(CCN(c1nc(-c2ccco2)nc2ccccc12)C1CC1)Nc1ccccc1. The second-order valence-electron chi connectivity index (χ2n) is 7.45. The highest BCUT2D eigenvalue weighted by Crippen LogP contribution is 2.35. The fourth-order valence-electron chi connectivity index (χ4n) is 3.61. The van der Waals surface area contributed by atoms with Gasteiger partial charge in [-0.25, -0.2) is 9.97 Å². The lowest BCUT2D eigenvalue weighted by molar-refractivity contribution is -0.116. The number of furan rings is 1. The third kappa shape index (κ3) is 3.89. The first kappa shape index (κ1) is 18.4. The number of carbonyl (C=O) groups is 1. The molecule has 0 atom stereocenters. The maximum atomic E-state index is 12.5. The molecule has 1 N–H and O–H groups in total. The van der Waals surface area contributed by atoms with E-state index < -0.39 is 0 Å². The van der Waals surface area contributed by atoms with Gasteiger partial charge in [0.15, 0.2) is 11.6 Å². The molecule has 30 heavy (non-hydrogen) atoms. The summed E-state index contributed by atoms with van der Waals surface area (Å²) in [6.45, 7) is 0.599. The highest BCUT2D eigenvalue weighted by Gasteiger charge is 2.32. The molecule has 4 aromatic rings. The predicted molar refractivity (Wildman–Crippen MR) is 117 cm³/mol. The normalized spacial score (nSPS) is 13.3. The number of carbonyl (C=O) groups excluding carboxylic acids is 1. The summed E-state index contributed by atoms with van der Waals surface area (Å²) in [5.41, 5.74) is 1.68. The summed E-state index contributed by atoms with van der Waals surface area (Å²) in [6.07, 6.45) is 4.23. The molecule has 6 nitrogen and oxygen atoms in total. The van der Waals surface area contributed by atoms with E-state index in [9.17, 15) is 4.79 Å². The maximum Gasteiger partial charge on any atom is 0.226 e. The van der Waals surface area contributed by atoms with Gasteiger partial charge in [-0.05, 0) is 49.2 Å². The van der Waals surface area contributed by atoms with Crippen molar-refractivity contribution in [1.82, 2.24) is 9.97 Å². The Morgan fingerprint density at radius 2 is 1.80 bits per heavy atom. The Balaban J connectivity index is 1.43. The number of aromatic nitrogens is 2. The van der Waals surface area contributed by atoms with Gasteiger partial charge in [-0.3, -0.25) is 4.79 Å². The van der Waals surface area contributed by atoms with Crippen LogP contribution in [0.25, 0.3) is 22.5 Å². The first-order valence-corrected chi connectivity index (χ1v) is 10.2. The molecule has 0 radical (unpaired) electrons. The fraction of sp³-hybridized carbons (Fsp3) is 0.208. The van der Waals surface area contributed by atoms with Crippen molar-refractivity contribution in [2.24, 2.45) is 0 Å². The van der Waals surface area contributed by atoms with E-state index in [0.717, 1.165) is 35.2 Å². The summed E-state index contributed by atoms with van der Waals surface area (Å²) in [4.78, 5) is 24.3. The number of amides is 1. The Morgan fingerprint density at radius 3 is 2.57 bits per heavy atom. The first-order chi connectivity index (χ1) is 14.8. The molecule has 0 unspecified atom stereocenters. The van der Waals surface area contributed by atoms with Gasteiger partial charge >= 0.3 is 0 Å². The third-order valence-electron chi connectivity index (χ3n) is 5.22. The Labute approximate surface area is 174 Å². The van der Waals surface area contributed by atoms with Crippen LogP contribution in [0, 0.1) is 0 Å². The Hall–Kier alpha value is -3.67. The highest BCUT2D eigenvalue weighted by molar-refractivity contribution is 5.93. The number of nitrogens with zero attached hydrogens (tertiary/aromatic N) is 3. The lowest BCUT2D eigenvalue weighted by Crippen LogP contribution is -2.31. The number of rotatable bonds is 7. The van der Waals surface area contributed by atoms with E-state index in [-0.39, 0.29) is 5.91 Å². The molecular formula is C24H22N4O2. The van der Waals surface area contributed by atoms with E-state index in [4.69, 9.17) is 9.40 Å². The maximum absolute atomic E-state index is 12.5. The van der Waals surface area contributed by atoms with Gasteiger partial charge in [-0.15, -0.1) is 0 Å². The van der Waals surface area contributed by atoms with E-state index in [1.165, 1.54) is 0 Å². The molecule has 1 aliphatic carbocycles. The molecule has 1 amide bonds. The smallest absolute Gasteiger partial charge is 0.226 e. The molecule has 0 aliphatic heterocycles. The molecule has 0 saturated heterocycles. The summed E-state index contributed by atoms with van der Waals surface area (Å²) in [6, 6.07) is 21.6. The Bertz CT molecular complexity index is 1150. The van der Waals surface area contributed by atoms with Gasteiger partial charge in [0.1, 0.15) is 5.82 Å². The van der Waals surface area contributed by atoms with Gasteiger partial charge in [0.25, 0.3) is 0 Å². The number of benzene rings is 2. The number of anilines is 2. The topological polar surface area (TPSA) is 71.3 Å². The van der Waals surface area contributed by atoms with Gasteiger partial charge in [0.05, 0.1) is 11.8 Å². The van der Waals surface area contributed by atoms with Crippen LogP contribution in [-0.2, 0) is 4.79 Å². The fourth-order valence-corrected chi connectivity index (χ4v) is 3.61. The Morgan fingerprint density at radius 1 is 1.00 bits per heavy atom. The highest BCUT2D eigenvalue weighted by atomic mass is 16.3. The van der Waals surface area contributed by atoms with E-state index in [1.807, 2.05) is 66.7 Å². The standard InChI is InChI=1S/C24H22N4O2/c29-22(25-17-7-2-1-3-8-17)14-15-28(18-12-13-18)24-19-9-4-5-10-20(19)26-23(27-24)21-11-6-16-30-21/h1-11,16,18H,12-15H2,(H,25,29). The molecule has 1 saturated carbocycles. The lowest BCUT2D eigenvalue weighted by Gasteiger charge is -2.25. The molecule has 2 heterocycles. The number of hydrogen-bond acceptors (Lipinski definition) is 5. The third-order valence-corrected chi connectivity index (χ3v) is 5.22. The first-order valence-electron chi connectivity index (χ1n) is 10.2. The van der Waals surface area contributed by atoms with Crippen molar-refractivity contribution in [1.29, 1.82) is 0 Å². The van der Waals surface area contributed by atoms with E-state index >= 15 is 0 Å². The lowest BCUT2D eigenvalue weighted by atomic mass is 10.2. The molecule has 1 fully saturated rings. The Kier molecular flexibility index (Phi) is 4.89. The molecule has 0 spiro atoms. The van der Waals surface area contributed by atoms with Crippen LogP contribution in [0.1, 0.15) is 19.3 Å². The van der Waals surface area contributed by atoms with Gasteiger partial charge in [0, 0.05) is 30.1 Å². The van der Waals surface area contributed by atoms with Crippen LogP contribution in [0.2, 0.25) is 0 Å². The van der Waals surface area contributed by atoms with Crippen molar-refractivity contribution in [3.63, 3.8) is 0 Å².